The van der Waals surface area contributed by atoms with E-state index in [9.17, 15) is 14.4 Å². The van der Waals surface area contributed by atoms with Gasteiger partial charge < -0.3 is 25.2 Å². The quantitative estimate of drug-likeness (QED) is 0.850. The van der Waals surface area contributed by atoms with E-state index in [4.69, 9.17) is 4.74 Å². The number of rotatable bonds is 4. The van der Waals surface area contributed by atoms with Crippen LogP contribution in [0.25, 0.3) is 0 Å². The van der Waals surface area contributed by atoms with Gasteiger partial charge in [0.2, 0.25) is 5.91 Å². The topological polar surface area (TPSA) is 91.0 Å². The summed E-state index contributed by atoms with van der Waals surface area (Å²) in [5.41, 5.74) is 0.926. The molecule has 1 fully saturated rings. The molecule has 0 spiro atoms. The summed E-state index contributed by atoms with van der Waals surface area (Å²) in [5.74, 6) is 0.0559. The minimum Gasteiger partial charge on any atom is -0.496 e. The predicted octanol–water partition coefficient (Wildman–Crippen LogP) is 1.53. The highest BCUT2D eigenvalue weighted by Crippen LogP contribution is 2.24. The molecule has 0 aromatic heterocycles. The van der Waals surface area contributed by atoms with Gasteiger partial charge in [-0.15, -0.1) is 0 Å². The number of nitrogens with zero attached hydrogens (tertiary/aromatic N) is 2. The Hall–Kier alpha value is -2.77. The summed E-state index contributed by atoms with van der Waals surface area (Å²) in [5, 5.41) is 5.52. The van der Waals surface area contributed by atoms with Gasteiger partial charge in [0.05, 0.1) is 12.7 Å². The molecule has 1 aromatic carbocycles. The summed E-state index contributed by atoms with van der Waals surface area (Å²) in [6.07, 6.45) is 0. The van der Waals surface area contributed by atoms with Crippen LogP contribution in [0.15, 0.2) is 18.2 Å². The molecule has 1 heterocycles. The van der Waals surface area contributed by atoms with E-state index in [2.05, 4.69) is 10.6 Å². The highest BCUT2D eigenvalue weighted by Gasteiger charge is 2.26. The number of methoxy groups -OCH3 is 1. The molecule has 2 N–H and O–H groups in total. The standard InChI is InChI=1S/C18H26N4O4/c1-12(2)19-18(25)22-9-7-21(8-10-22)17(24)15-11-14(20-13(3)23)5-6-16(15)26-4/h5-6,11-12H,7-10H2,1-4H3,(H,19,25)(H,20,23). The molecule has 1 aliphatic rings. The smallest absolute Gasteiger partial charge is 0.317 e. The zero-order chi connectivity index (χ0) is 19.3. The van der Waals surface area contributed by atoms with Crippen LogP contribution in [0.5, 0.6) is 5.75 Å². The van der Waals surface area contributed by atoms with E-state index in [1.54, 1.807) is 28.0 Å². The molecule has 4 amide bonds. The van der Waals surface area contributed by atoms with Crippen LogP contribution in [-0.2, 0) is 4.79 Å². The minimum absolute atomic E-state index is 0.0722. The second-order valence-corrected chi connectivity index (χ2v) is 6.48. The Balaban J connectivity index is 2.07. The van der Waals surface area contributed by atoms with Crippen LogP contribution in [0, 0.1) is 0 Å². The van der Waals surface area contributed by atoms with E-state index >= 15 is 0 Å². The molecule has 1 saturated heterocycles. The van der Waals surface area contributed by atoms with Gasteiger partial charge in [-0.3, -0.25) is 9.59 Å². The molecular formula is C18H26N4O4. The van der Waals surface area contributed by atoms with Crippen LogP contribution in [0.2, 0.25) is 0 Å². The zero-order valence-electron chi connectivity index (χ0n) is 15.7. The number of anilines is 1. The summed E-state index contributed by atoms with van der Waals surface area (Å²) in [4.78, 5) is 39.6. The lowest BCUT2D eigenvalue weighted by molar-refractivity contribution is -0.114. The Labute approximate surface area is 153 Å². The number of amides is 4. The maximum atomic E-state index is 12.9. The van der Waals surface area contributed by atoms with Gasteiger partial charge >= 0.3 is 6.03 Å². The monoisotopic (exact) mass is 362 g/mol. The van der Waals surface area contributed by atoms with Crippen LogP contribution in [0.3, 0.4) is 0 Å². The number of urea groups is 1. The van der Waals surface area contributed by atoms with E-state index in [-0.39, 0.29) is 23.9 Å². The molecule has 142 valence electrons. The van der Waals surface area contributed by atoms with Gasteiger partial charge in [-0.1, -0.05) is 0 Å². The molecule has 1 aliphatic heterocycles. The van der Waals surface area contributed by atoms with Crippen LogP contribution in [0.1, 0.15) is 31.1 Å². The maximum absolute atomic E-state index is 12.9. The van der Waals surface area contributed by atoms with Crippen molar-refractivity contribution in [2.24, 2.45) is 0 Å². The first-order valence-corrected chi connectivity index (χ1v) is 8.62. The lowest BCUT2D eigenvalue weighted by Gasteiger charge is -2.35. The fraction of sp³-hybridized carbons (Fsp3) is 0.500. The molecule has 1 aromatic rings. The third-order valence-electron chi connectivity index (χ3n) is 4.02. The van der Waals surface area contributed by atoms with Crippen molar-refractivity contribution in [2.75, 3.05) is 38.6 Å². The first-order valence-electron chi connectivity index (χ1n) is 8.62. The van der Waals surface area contributed by atoms with Crippen LogP contribution in [0.4, 0.5) is 10.5 Å². The fourth-order valence-corrected chi connectivity index (χ4v) is 2.78. The molecule has 0 aliphatic carbocycles. The van der Waals surface area contributed by atoms with E-state index in [0.29, 0.717) is 43.2 Å². The van der Waals surface area contributed by atoms with Gasteiger partial charge in [0.15, 0.2) is 0 Å². The second kappa shape index (κ2) is 8.55. The second-order valence-electron chi connectivity index (χ2n) is 6.48. The predicted molar refractivity (Wildman–Crippen MR) is 98.4 cm³/mol. The van der Waals surface area contributed by atoms with Crippen molar-refractivity contribution >= 4 is 23.5 Å². The number of benzene rings is 1. The number of piperazine rings is 1. The van der Waals surface area contributed by atoms with Crippen LogP contribution in [-0.4, -0.2) is 67.0 Å². The summed E-state index contributed by atoms with van der Waals surface area (Å²) in [7, 11) is 1.50. The Kier molecular flexibility index (Phi) is 6.43. The Morgan fingerprint density at radius 1 is 1.08 bits per heavy atom. The summed E-state index contributed by atoms with van der Waals surface area (Å²) in [6, 6.07) is 4.91. The molecule has 26 heavy (non-hydrogen) atoms. The molecule has 0 radical (unpaired) electrons. The number of nitrogens with one attached hydrogen (secondary N) is 2. The largest absolute Gasteiger partial charge is 0.496 e. The van der Waals surface area contributed by atoms with Gasteiger partial charge in [-0.05, 0) is 32.0 Å². The summed E-state index contributed by atoms with van der Waals surface area (Å²) in [6.45, 7) is 7.05. The van der Waals surface area contributed by atoms with E-state index < -0.39 is 0 Å². The number of hydrogen-bond donors (Lipinski definition) is 2. The first kappa shape index (κ1) is 19.6. The normalized spacial score (nSPS) is 14.2. The maximum Gasteiger partial charge on any atom is 0.317 e. The first-order chi connectivity index (χ1) is 12.3. The Morgan fingerprint density at radius 2 is 1.69 bits per heavy atom. The molecular weight excluding hydrogens is 336 g/mol. The van der Waals surface area contributed by atoms with Crippen LogP contribution < -0.4 is 15.4 Å². The van der Waals surface area contributed by atoms with Crippen molar-refractivity contribution in [3.63, 3.8) is 0 Å². The number of carbonyl (C=O) groups excluding carboxylic acids is 3. The van der Waals surface area contributed by atoms with Crippen LogP contribution >= 0.6 is 0 Å². The number of ether oxygens (including phenoxy) is 1. The third kappa shape index (κ3) is 4.87. The van der Waals surface area contributed by atoms with E-state index in [1.165, 1.54) is 14.0 Å². The lowest BCUT2D eigenvalue weighted by Crippen LogP contribution is -2.54. The summed E-state index contributed by atoms with van der Waals surface area (Å²) >= 11 is 0. The summed E-state index contributed by atoms with van der Waals surface area (Å²) < 4.78 is 5.29. The highest BCUT2D eigenvalue weighted by atomic mass is 16.5. The number of carbonyl (C=O) groups is 3. The van der Waals surface area contributed by atoms with Crippen molar-refractivity contribution in [1.29, 1.82) is 0 Å². The minimum atomic E-state index is -0.210. The fourth-order valence-electron chi connectivity index (χ4n) is 2.78. The molecule has 2 rings (SSSR count). The van der Waals surface area contributed by atoms with Gasteiger partial charge in [-0.25, -0.2) is 4.79 Å². The van der Waals surface area contributed by atoms with E-state index in [1.807, 2.05) is 13.8 Å². The van der Waals surface area contributed by atoms with Crippen molar-refractivity contribution in [1.82, 2.24) is 15.1 Å². The number of hydrogen-bond acceptors (Lipinski definition) is 4. The molecule has 8 heteroatoms. The SMILES string of the molecule is COc1ccc(NC(C)=O)cc1C(=O)N1CCN(C(=O)NC(C)C)CC1. The van der Waals surface area contributed by atoms with Gasteiger partial charge in [-0.2, -0.15) is 0 Å². The molecule has 8 nitrogen and oxygen atoms in total. The van der Waals surface area contributed by atoms with Gasteiger partial charge in [0.25, 0.3) is 5.91 Å². The van der Waals surface area contributed by atoms with Crippen molar-refractivity contribution in [3.8, 4) is 5.75 Å². The van der Waals surface area contributed by atoms with E-state index in [0.717, 1.165) is 0 Å². The average molecular weight is 362 g/mol. The average Bonchev–Trinajstić information content (AvgIpc) is 2.60. The molecule has 0 bridgehead atoms. The molecule has 0 atom stereocenters. The third-order valence-corrected chi connectivity index (χ3v) is 4.02. The lowest BCUT2D eigenvalue weighted by atomic mass is 10.1. The van der Waals surface area contributed by atoms with Crippen molar-refractivity contribution in [3.05, 3.63) is 23.8 Å². The van der Waals surface area contributed by atoms with Gasteiger partial charge in [0.1, 0.15) is 5.75 Å². The Morgan fingerprint density at radius 3 is 2.23 bits per heavy atom. The molecule has 0 saturated carbocycles. The Bertz CT molecular complexity index is 682. The molecule has 0 unspecified atom stereocenters. The zero-order valence-corrected chi connectivity index (χ0v) is 15.7. The van der Waals surface area contributed by atoms with Gasteiger partial charge in [0, 0.05) is 44.8 Å². The van der Waals surface area contributed by atoms with Crippen molar-refractivity contribution < 1.29 is 19.1 Å². The van der Waals surface area contributed by atoms with Crippen molar-refractivity contribution in [2.45, 2.75) is 26.8 Å². The highest BCUT2D eigenvalue weighted by molar-refractivity contribution is 5.99.